The van der Waals surface area contributed by atoms with E-state index in [0.717, 1.165) is 17.0 Å². The van der Waals surface area contributed by atoms with Gasteiger partial charge in [-0.3, -0.25) is 9.59 Å². The van der Waals surface area contributed by atoms with Crippen LogP contribution in [0.2, 0.25) is 5.02 Å². The maximum Gasteiger partial charge on any atom is 0.315 e. The van der Waals surface area contributed by atoms with Crippen molar-refractivity contribution < 1.29 is 28.9 Å². The summed E-state index contributed by atoms with van der Waals surface area (Å²) in [5.41, 5.74) is 3.25. The van der Waals surface area contributed by atoms with Gasteiger partial charge >= 0.3 is 5.97 Å². The number of esters is 1. The van der Waals surface area contributed by atoms with Crippen LogP contribution in [-0.2, 0) is 14.3 Å². The molecule has 3 atom stereocenters. The second-order valence-electron chi connectivity index (χ2n) is 8.60. The highest BCUT2D eigenvalue weighted by molar-refractivity contribution is 6.32. The van der Waals surface area contributed by atoms with Crippen LogP contribution in [0, 0.1) is 5.92 Å². The van der Waals surface area contributed by atoms with E-state index in [1.54, 1.807) is 26.2 Å². The van der Waals surface area contributed by atoms with Crippen LogP contribution >= 0.6 is 11.6 Å². The molecule has 2 N–H and O–H groups in total. The maximum absolute atomic E-state index is 13.6. The van der Waals surface area contributed by atoms with Crippen molar-refractivity contribution in [2.24, 2.45) is 5.92 Å². The Hall–Kier alpha value is -3.45. The van der Waals surface area contributed by atoms with Crippen LogP contribution in [0.4, 0.5) is 0 Å². The SMILES string of the molecule is C=C1NC2=C(C(=O)CC(c3ccc(OC)cc3)C2)C(c2cc(Cl)c(O)c(OCC)c2)C1C(=O)OC. The molecule has 8 heteroatoms. The fourth-order valence-corrected chi connectivity index (χ4v) is 5.18. The first-order valence-corrected chi connectivity index (χ1v) is 11.8. The molecule has 1 aliphatic heterocycles. The minimum Gasteiger partial charge on any atom is -0.503 e. The molecule has 2 aromatic carbocycles. The van der Waals surface area contributed by atoms with Crippen LogP contribution in [0.5, 0.6) is 17.2 Å². The quantitative estimate of drug-likeness (QED) is 0.551. The molecule has 0 radical (unpaired) electrons. The molecule has 0 spiro atoms. The number of ketones is 1. The molecule has 2 aromatic rings. The third-order valence-corrected chi connectivity index (χ3v) is 6.88. The summed E-state index contributed by atoms with van der Waals surface area (Å²) in [5.74, 6) is -1.43. The van der Waals surface area contributed by atoms with Crippen molar-refractivity contribution >= 4 is 23.4 Å². The Morgan fingerprint density at radius 1 is 1.17 bits per heavy atom. The molecule has 0 saturated carbocycles. The molecular formula is C27H28ClNO6. The fraction of sp³-hybridized carbons (Fsp3) is 0.333. The summed E-state index contributed by atoms with van der Waals surface area (Å²) in [6.07, 6.45) is 0.856. The normalized spacial score (nSPS) is 21.8. The zero-order chi connectivity index (χ0) is 25.3. The van der Waals surface area contributed by atoms with Crippen molar-refractivity contribution in [2.45, 2.75) is 31.6 Å². The molecule has 0 amide bonds. The van der Waals surface area contributed by atoms with E-state index in [-0.39, 0.29) is 34.6 Å². The van der Waals surface area contributed by atoms with E-state index in [0.29, 0.717) is 29.9 Å². The maximum atomic E-state index is 13.6. The Kier molecular flexibility index (Phi) is 7.08. The van der Waals surface area contributed by atoms with Gasteiger partial charge in [0, 0.05) is 29.3 Å². The van der Waals surface area contributed by atoms with Gasteiger partial charge in [-0.1, -0.05) is 30.3 Å². The minimum atomic E-state index is -0.852. The number of carbonyl (C=O) groups excluding carboxylic acids is 2. The molecule has 1 aliphatic carbocycles. The van der Waals surface area contributed by atoms with Crippen molar-refractivity contribution in [3.8, 4) is 17.2 Å². The first-order valence-electron chi connectivity index (χ1n) is 11.4. The predicted octanol–water partition coefficient (Wildman–Crippen LogP) is 4.84. The van der Waals surface area contributed by atoms with Gasteiger partial charge in [0.15, 0.2) is 17.3 Å². The van der Waals surface area contributed by atoms with Crippen LogP contribution in [0.25, 0.3) is 0 Å². The van der Waals surface area contributed by atoms with E-state index in [4.69, 9.17) is 25.8 Å². The highest BCUT2D eigenvalue weighted by atomic mass is 35.5. The summed E-state index contributed by atoms with van der Waals surface area (Å²) < 4.78 is 15.9. The number of hydrogen-bond acceptors (Lipinski definition) is 7. The average molecular weight is 498 g/mol. The lowest BCUT2D eigenvalue weighted by Crippen LogP contribution is -2.42. The Balaban J connectivity index is 1.82. The van der Waals surface area contributed by atoms with Gasteiger partial charge in [-0.2, -0.15) is 0 Å². The van der Waals surface area contributed by atoms with Crippen LogP contribution in [0.3, 0.4) is 0 Å². The number of allylic oxidation sites excluding steroid dienone is 2. The van der Waals surface area contributed by atoms with Crippen molar-refractivity contribution in [2.75, 3.05) is 20.8 Å². The first kappa shape index (κ1) is 24.7. The topological polar surface area (TPSA) is 94.1 Å². The number of methoxy groups -OCH3 is 2. The molecule has 0 saturated heterocycles. The second kappa shape index (κ2) is 10.0. The van der Waals surface area contributed by atoms with E-state index < -0.39 is 17.8 Å². The van der Waals surface area contributed by atoms with Gasteiger partial charge in [-0.15, -0.1) is 0 Å². The number of nitrogens with one attached hydrogen (secondary N) is 1. The van der Waals surface area contributed by atoms with E-state index in [1.807, 2.05) is 24.3 Å². The van der Waals surface area contributed by atoms with Crippen LogP contribution < -0.4 is 14.8 Å². The summed E-state index contributed by atoms with van der Waals surface area (Å²) in [5, 5.41) is 13.6. The van der Waals surface area contributed by atoms with Gasteiger partial charge in [0.1, 0.15) is 11.7 Å². The third-order valence-electron chi connectivity index (χ3n) is 6.59. The molecular weight excluding hydrogens is 470 g/mol. The molecule has 2 aliphatic rings. The van der Waals surface area contributed by atoms with Crippen molar-refractivity contribution in [1.82, 2.24) is 5.32 Å². The summed E-state index contributed by atoms with van der Waals surface area (Å²) in [6, 6.07) is 10.9. The van der Waals surface area contributed by atoms with E-state index in [2.05, 4.69) is 11.9 Å². The van der Waals surface area contributed by atoms with Crippen molar-refractivity contribution in [3.63, 3.8) is 0 Å². The smallest absolute Gasteiger partial charge is 0.315 e. The third kappa shape index (κ3) is 4.60. The van der Waals surface area contributed by atoms with Gasteiger partial charge in [-0.05, 0) is 54.7 Å². The highest BCUT2D eigenvalue weighted by Gasteiger charge is 2.45. The van der Waals surface area contributed by atoms with Gasteiger partial charge in [0.05, 0.1) is 25.8 Å². The summed E-state index contributed by atoms with van der Waals surface area (Å²) in [7, 11) is 2.91. The average Bonchev–Trinajstić information content (AvgIpc) is 2.85. The van der Waals surface area contributed by atoms with Gasteiger partial charge in [-0.25, -0.2) is 0 Å². The first-order chi connectivity index (χ1) is 16.8. The lowest BCUT2D eigenvalue weighted by Gasteiger charge is -2.40. The standard InChI is InChI=1S/C27H28ClNO6/c1-5-35-22-13-17(10-19(28)26(22)31)24-23(27(32)34-4)14(2)29-20-11-16(12-21(30)25(20)24)15-6-8-18(33-3)9-7-15/h6-10,13,16,23-24,29,31H,2,5,11-12H2,1,3-4H3. The molecule has 184 valence electrons. The summed E-state index contributed by atoms with van der Waals surface area (Å²) in [6.45, 7) is 6.18. The highest BCUT2D eigenvalue weighted by Crippen LogP contribution is 2.49. The molecule has 1 heterocycles. The van der Waals surface area contributed by atoms with Crippen molar-refractivity contribution in [1.29, 1.82) is 0 Å². The molecule has 7 nitrogen and oxygen atoms in total. The van der Waals surface area contributed by atoms with Crippen LogP contribution in [-0.4, -0.2) is 37.7 Å². The molecule has 3 unspecified atom stereocenters. The Bertz CT molecular complexity index is 1200. The zero-order valence-corrected chi connectivity index (χ0v) is 20.6. The monoisotopic (exact) mass is 497 g/mol. The fourth-order valence-electron chi connectivity index (χ4n) is 4.96. The zero-order valence-electron chi connectivity index (χ0n) is 19.9. The van der Waals surface area contributed by atoms with E-state index in [9.17, 15) is 14.7 Å². The Morgan fingerprint density at radius 2 is 1.89 bits per heavy atom. The van der Waals surface area contributed by atoms with Crippen LogP contribution in [0.15, 0.2) is 59.9 Å². The number of rotatable bonds is 6. The summed E-state index contributed by atoms with van der Waals surface area (Å²) >= 11 is 6.32. The van der Waals surface area contributed by atoms with E-state index in [1.165, 1.54) is 7.11 Å². The van der Waals surface area contributed by atoms with Gasteiger partial charge in [0.25, 0.3) is 0 Å². The number of benzene rings is 2. The molecule has 35 heavy (non-hydrogen) atoms. The molecule has 4 rings (SSSR count). The number of carbonyl (C=O) groups is 2. The number of aromatic hydroxyl groups is 1. The van der Waals surface area contributed by atoms with Gasteiger partial charge in [0.2, 0.25) is 0 Å². The Labute approximate surface area is 209 Å². The number of hydrogen-bond donors (Lipinski definition) is 2. The van der Waals surface area contributed by atoms with Crippen LogP contribution in [0.1, 0.15) is 42.7 Å². The lowest BCUT2D eigenvalue weighted by atomic mass is 9.69. The number of ether oxygens (including phenoxy) is 3. The minimum absolute atomic E-state index is 0.0369. The van der Waals surface area contributed by atoms with Gasteiger partial charge < -0.3 is 24.6 Å². The predicted molar refractivity (Wildman–Crippen MR) is 132 cm³/mol. The number of phenols is 1. The number of Topliss-reactive ketones (excluding diaryl/α,β-unsaturated/α-hetero) is 1. The summed E-state index contributed by atoms with van der Waals surface area (Å²) in [4.78, 5) is 26.5. The molecule has 0 aromatic heterocycles. The van der Waals surface area contributed by atoms with E-state index >= 15 is 0 Å². The molecule has 0 fully saturated rings. The molecule has 0 bridgehead atoms. The number of phenolic OH excluding ortho intramolecular Hbond substituents is 1. The Morgan fingerprint density at radius 3 is 2.51 bits per heavy atom. The van der Waals surface area contributed by atoms with Crippen molar-refractivity contribution in [3.05, 3.63) is 76.1 Å². The lowest BCUT2D eigenvalue weighted by molar-refractivity contribution is -0.144. The largest absolute Gasteiger partial charge is 0.503 e. The second-order valence-corrected chi connectivity index (χ2v) is 9.01. The number of halogens is 1.